The van der Waals surface area contributed by atoms with Crippen molar-refractivity contribution in [2.75, 3.05) is 18.6 Å². The fourth-order valence-electron chi connectivity index (χ4n) is 3.58. The smallest absolute Gasteiger partial charge is 0.260 e. The van der Waals surface area contributed by atoms with Crippen LogP contribution in [0.1, 0.15) is 40.5 Å². The Morgan fingerprint density at radius 2 is 2.23 bits per heavy atom. The van der Waals surface area contributed by atoms with E-state index in [1.54, 1.807) is 29.2 Å². The Kier molecular flexibility index (Phi) is 6.81. The van der Waals surface area contributed by atoms with Crippen molar-refractivity contribution in [1.82, 2.24) is 15.2 Å². The van der Waals surface area contributed by atoms with E-state index in [4.69, 9.17) is 22.4 Å². The van der Waals surface area contributed by atoms with E-state index in [0.717, 1.165) is 17.5 Å². The number of rotatable bonds is 8. The number of benzene rings is 1. The summed E-state index contributed by atoms with van der Waals surface area (Å²) in [4.78, 5) is 20.5. The maximum absolute atomic E-state index is 13.1. The topological polar surface area (TPSA) is 116 Å². The molecule has 1 aliphatic rings. The SMILES string of the molecule is CCC(CO)N(C=N)C(=N)c1cccc(N2Cc3c(CNC)cc(Cl)cc3C2=O)n1. The molecule has 9 heteroatoms. The molecule has 3 rings (SSSR count). The molecule has 1 aliphatic heterocycles. The first kappa shape index (κ1) is 21.9. The van der Waals surface area contributed by atoms with E-state index in [1.165, 1.54) is 4.90 Å². The minimum Gasteiger partial charge on any atom is -0.394 e. The standard InChI is InChI=1S/C21H25ClN6O2/c1-3-15(11-29)28(12-23)20(24)18-5-4-6-19(26-18)27-10-17-13(9-25-2)7-14(22)8-16(17)21(27)30/h4-8,12,15,23-25,29H,3,9-11H2,1-2H3. The van der Waals surface area contributed by atoms with Crippen LogP contribution in [0.5, 0.6) is 0 Å². The van der Waals surface area contributed by atoms with E-state index in [-0.39, 0.29) is 24.4 Å². The molecule has 0 saturated carbocycles. The monoisotopic (exact) mass is 428 g/mol. The van der Waals surface area contributed by atoms with Crippen molar-refractivity contribution in [3.63, 3.8) is 0 Å². The molecule has 0 saturated heterocycles. The van der Waals surface area contributed by atoms with Gasteiger partial charge in [-0.05, 0) is 48.9 Å². The number of pyridine rings is 1. The van der Waals surface area contributed by atoms with Crippen molar-refractivity contribution in [2.24, 2.45) is 0 Å². The van der Waals surface area contributed by atoms with E-state index in [2.05, 4.69) is 10.3 Å². The van der Waals surface area contributed by atoms with Gasteiger partial charge in [0, 0.05) is 17.1 Å². The third kappa shape index (κ3) is 4.07. The summed E-state index contributed by atoms with van der Waals surface area (Å²) in [6.07, 6.45) is 1.59. The van der Waals surface area contributed by atoms with Crippen LogP contribution >= 0.6 is 11.6 Å². The van der Waals surface area contributed by atoms with Gasteiger partial charge >= 0.3 is 0 Å². The zero-order valence-electron chi connectivity index (χ0n) is 16.9. The Hall–Kier alpha value is -2.81. The third-order valence-corrected chi connectivity index (χ3v) is 5.41. The van der Waals surface area contributed by atoms with Gasteiger partial charge in [-0.25, -0.2) is 4.98 Å². The zero-order chi connectivity index (χ0) is 21.8. The molecule has 2 heterocycles. The number of amidine groups is 1. The predicted molar refractivity (Wildman–Crippen MR) is 118 cm³/mol. The third-order valence-electron chi connectivity index (χ3n) is 5.19. The minimum absolute atomic E-state index is 0.00386. The van der Waals surface area contributed by atoms with Gasteiger partial charge in [-0.1, -0.05) is 24.6 Å². The lowest BCUT2D eigenvalue weighted by atomic mass is 10.0. The molecule has 0 spiro atoms. The molecule has 0 aliphatic carbocycles. The second-order valence-electron chi connectivity index (χ2n) is 7.02. The summed E-state index contributed by atoms with van der Waals surface area (Å²) in [6.45, 7) is 2.66. The molecule has 1 aromatic carbocycles. The van der Waals surface area contributed by atoms with Crippen molar-refractivity contribution in [1.29, 1.82) is 10.8 Å². The lowest BCUT2D eigenvalue weighted by molar-refractivity contribution is 0.0996. The van der Waals surface area contributed by atoms with Crippen molar-refractivity contribution in [3.05, 3.63) is 57.7 Å². The number of nitrogens with zero attached hydrogens (tertiary/aromatic N) is 3. The minimum atomic E-state index is -0.385. The Morgan fingerprint density at radius 1 is 1.47 bits per heavy atom. The van der Waals surface area contributed by atoms with E-state index in [1.807, 2.05) is 20.0 Å². The van der Waals surface area contributed by atoms with Crippen LogP contribution in [0.25, 0.3) is 0 Å². The lowest BCUT2D eigenvalue weighted by Crippen LogP contribution is -2.41. The second kappa shape index (κ2) is 9.34. The van der Waals surface area contributed by atoms with Crippen LogP contribution in [0.15, 0.2) is 30.3 Å². The highest BCUT2D eigenvalue weighted by atomic mass is 35.5. The average Bonchev–Trinajstić information content (AvgIpc) is 3.08. The normalized spacial score (nSPS) is 13.9. The highest BCUT2D eigenvalue weighted by molar-refractivity contribution is 6.31. The molecule has 0 bridgehead atoms. The number of fused-ring (bicyclic) bond motifs is 1. The Balaban J connectivity index is 1.93. The van der Waals surface area contributed by atoms with Gasteiger partial charge in [0.05, 0.1) is 25.5 Å². The van der Waals surface area contributed by atoms with Gasteiger partial charge in [0.2, 0.25) is 0 Å². The molecule has 0 radical (unpaired) electrons. The van der Waals surface area contributed by atoms with Crippen LogP contribution in [0.3, 0.4) is 0 Å². The van der Waals surface area contributed by atoms with Crippen LogP contribution in [0.2, 0.25) is 5.02 Å². The molecular weight excluding hydrogens is 404 g/mol. The number of hydrogen-bond donors (Lipinski definition) is 4. The van der Waals surface area contributed by atoms with Gasteiger partial charge in [-0.15, -0.1) is 0 Å². The molecule has 1 aromatic heterocycles. The Bertz CT molecular complexity index is 976. The first-order chi connectivity index (χ1) is 14.4. The molecule has 2 aromatic rings. The first-order valence-electron chi connectivity index (χ1n) is 9.68. The number of carbonyl (C=O) groups excluding carboxylic acids is 1. The summed E-state index contributed by atoms with van der Waals surface area (Å²) in [5.74, 6) is 0.231. The summed E-state index contributed by atoms with van der Waals surface area (Å²) in [6, 6.07) is 8.25. The summed E-state index contributed by atoms with van der Waals surface area (Å²) in [7, 11) is 1.84. The number of amides is 1. The number of hydrogen-bond acceptors (Lipinski definition) is 6. The summed E-state index contributed by atoms with van der Waals surface area (Å²) < 4.78 is 0. The summed E-state index contributed by atoms with van der Waals surface area (Å²) >= 11 is 6.21. The fourth-order valence-corrected chi connectivity index (χ4v) is 3.82. The van der Waals surface area contributed by atoms with Gasteiger partial charge in [0.1, 0.15) is 11.5 Å². The van der Waals surface area contributed by atoms with Crippen molar-refractivity contribution in [2.45, 2.75) is 32.5 Å². The number of aliphatic hydroxyl groups excluding tert-OH is 1. The average molecular weight is 429 g/mol. The molecule has 30 heavy (non-hydrogen) atoms. The highest BCUT2D eigenvalue weighted by Crippen LogP contribution is 2.32. The quantitative estimate of drug-likeness (QED) is 0.381. The highest BCUT2D eigenvalue weighted by Gasteiger charge is 2.32. The van der Waals surface area contributed by atoms with Crippen LogP contribution in [0, 0.1) is 10.8 Å². The molecule has 158 valence electrons. The summed E-state index contributed by atoms with van der Waals surface area (Å²) in [5, 5.41) is 29.2. The van der Waals surface area contributed by atoms with Crippen LogP contribution in [-0.4, -0.2) is 52.8 Å². The largest absolute Gasteiger partial charge is 0.394 e. The molecule has 1 atom stereocenters. The van der Waals surface area contributed by atoms with E-state index in [9.17, 15) is 9.90 Å². The molecule has 8 nitrogen and oxygen atoms in total. The van der Waals surface area contributed by atoms with Crippen molar-refractivity contribution >= 4 is 35.5 Å². The molecule has 1 amide bonds. The predicted octanol–water partition coefficient (Wildman–Crippen LogP) is 2.62. The van der Waals surface area contributed by atoms with Gasteiger partial charge in [-0.2, -0.15) is 0 Å². The van der Waals surface area contributed by atoms with E-state index in [0.29, 0.717) is 41.6 Å². The van der Waals surface area contributed by atoms with Gasteiger partial charge in [0.25, 0.3) is 5.91 Å². The maximum Gasteiger partial charge on any atom is 0.260 e. The number of aromatic nitrogens is 1. The summed E-state index contributed by atoms with van der Waals surface area (Å²) in [5.41, 5.74) is 2.75. The van der Waals surface area contributed by atoms with Crippen LogP contribution < -0.4 is 10.2 Å². The van der Waals surface area contributed by atoms with Crippen molar-refractivity contribution in [3.8, 4) is 0 Å². The number of nitrogens with one attached hydrogen (secondary N) is 3. The first-order valence-corrected chi connectivity index (χ1v) is 10.1. The molecule has 1 unspecified atom stereocenters. The van der Waals surface area contributed by atoms with E-state index >= 15 is 0 Å². The Labute approximate surface area is 180 Å². The van der Waals surface area contributed by atoms with Gasteiger partial charge < -0.3 is 15.3 Å². The second-order valence-corrected chi connectivity index (χ2v) is 7.46. The fraction of sp³-hybridized carbons (Fsp3) is 0.333. The van der Waals surface area contributed by atoms with E-state index < -0.39 is 0 Å². The van der Waals surface area contributed by atoms with Gasteiger partial charge in [-0.3, -0.25) is 20.5 Å². The zero-order valence-corrected chi connectivity index (χ0v) is 17.7. The van der Waals surface area contributed by atoms with Crippen molar-refractivity contribution < 1.29 is 9.90 Å². The molecule has 0 fully saturated rings. The number of carbonyl (C=O) groups is 1. The molecule has 4 N–H and O–H groups in total. The number of halogens is 1. The number of anilines is 1. The lowest BCUT2D eigenvalue weighted by Gasteiger charge is -2.27. The van der Waals surface area contributed by atoms with Crippen LogP contribution in [-0.2, 0) is 13.1 Å². The van der Waals surface area contributed by atoms with Gasteiger partial charge in [0.15, 0.2) is 5.84 Å². The maximum atomic E-state index is 13.1. The van der Waals surface area contributed by atoms with Crippen LogP contribution in [0.4, 0.5) is 5.82 Å². The molecular formula is C21H25ClN6O2. The Morgan fingerprint density at radius 3 is 2.87 bits per heavy atom. The number of aliphatic hydroxyl groups is 1.